The first kappa shape index (κ1) is 19.2. The van der Waals surface area contributed by atoms with E-state index in [9.17, 15) is 4.79 Å². The molecule has 0 spiro atoms. The number of oxazole rings is 1. The van der Waals surface area contributed by atoms with Gasteiger partial charge < -0.3 is 9.73 Å². The Morgan fingerprint density at radius 3 is 2.63 bits per heavy atom. The van der Waals surface area contributed by atoms with Crippen LogP contribution in [0.2, 0.25) is 0 Å². The molecule has 1 N–H and O–H groups in total. The molecule has 1 amide bonds. The van der Waals surface area contributed by atoms with Gasteiger partial charge in [0.05, 0.1) is 10.9 Å². The maximum Gasteiger partial charge on any atom is 0.237 e. The number of nitrogens with zero attached hydrogens (tertiary/aromatic N) is 1. The Labute approximate surface area is 164 Å². The molecule has 1 aromatic heterocycles. The molecule has 27 heavy (non-hydrogen) atoms. The van der Waals surface area contributed by atoms with Gasteiger partial charge in [-0.3, -0.25) is 4.79 Å². The first-order valence-corrected chi connectivity index (χ1v) is 10.0. The fourth-order valence-corrected chi connectivity index (χ4v) is 3.54. The van der Waals surface area contributed by atoms with Crippen LogP contribution in [0.15, 0.2) is 52.9 Å². The molecule has 3 rings (SSSR count). The topological polar surface area (TPSA) is 55.1 Å². The Morgan fingerprint density at radius 2 is 1.89 bits per heavy atom. The summed E-state index contributed by atoms with van der Waals surface area (Å²) in [4.78, 5) is 17.1. The summed E-state index contributed by atoms with van der Waals surface area (Å²) < 4.78 is 5.79. The average molecular weight is 381 g/mol. The summed E-state index contributed by atoms with van der Waals surface area (Å²) in [6.07, 6.45) is 0. The zero-order valence-corrected chi connectivity index (χ0v) is 16.9. The molecule has 2 aromatic carbocycles. The molecule has 0 radical (unpaired) electrons. The predicted molar refractivity (Wildman–Crippen MR) is 112 cm³/mol. The summed E-state index contributed by atoms with van der Waals surface area (Å²) in [5, 5.41) is 2.84. The van der Waals surface area contributed by atoms with Gasteiger partial charge in [0.1, 0.15) is 5.76 Å². The molecule has 1 heterocycles. The summed E-state index contributed by atoms with van der Waals surface area (Å²) in [7, 11) is 0. The zero-order chi connectivity index (χ0) is 19.4. The molecule has 0 aliphatic rings. The van der Waals surface area contributed by atoms with E-state index in [0.717, 1.165) is 33.8 Å². The van der Waals surface area contributed by atoms with Gasteiger partial charge in [-0.1, -0.05) is 30.3 Å². The second-order valence-corrected chi connectivity index (χ2v) is 7.98. The SMILES string of the molecule is Cc1ccc(C)c(NC(=O)[C@H](C)SCc2nc(-c3ccccc3)oc2C)c1. The lowest BCUT2D eigenvalue weighted by Crippen LogP contribution is -2.23. The Kier molecular flexibility index (Phi) is 6.01. The van der Waals surface area contributed by atoms with E-state index in [4.69, 9.17) is 4.42 Å². The van der Waals surface area contributed by atoms with E-state index >= 15 is 0 Å². The number of aromatic nitrogens is 1. The van der Waals surface area contributed by atoms with Gasteiger partial charge in [0.15, 0.2) is 0 Å². The lowest BCUT2D eigenvalue weighted by molar-refractivity contribution is -0.115. The predicted octanol–water partition coefficient (Wildman–Crippen LogP) is 5.53. The van der Waals surface area contributed by atoms with Gasteiger partial charge in [-0.05, 0) is 57.0 Å². The van der Waals surface area contributed by atoms with E-state index in [1.165, 1.54) is 0 Å². The summed E-state index contributed by atoms with van der Waals surface area (Å²) >= 11 is 1.56. The monoisotopic (exact) mass is 380 g/mol. The molecule has 3 aromatic rings. The summed E-state index contributed by atoms with van der Waals surface area (Å²) in [6, 6.07) is 15.9. The van der Waals surface area contributed by atoms with Gasteiger partial charge in [-0.15, -0.1) is 11.8 Å². The first-order chi connectivity index (χ1) is 12.9. The molecule has 140 valence electrons. The van der Waals surface area contributed by atoms with Gasteiger partial charge in [-0.25, -0.2) is 4.98 Å². The normalized spacial score (nSPS) is 12.0. The molecular weight excluding hydrogens is 356 g/mol. The minimum atomic E-state index is -0.193. The lowest BCUT2D eigenvalue weighted by atomic mass is 10.1. The molecule has 0 unspecified atom stereocenters. The molecule has 5 heteroatoms. The molecule has 4 nitrogen and oxygen atoms in total. The Balaban J connectivity index is 1.62. The highest BCUT2D eigenvalue weighted by Crippen LogP contribution is 2.26. The zero-order valence-electron chi connectivity index (χ0n) is 16.1. The highest BCUT2D eigenvalue weighted by molar-refractivity contribution is 7.99. The van der Waals surface area contributed by atoms with E-state index in [-0.39, 0.29) is 11.2 Å². The Bertz CT molecular complexity index is 935. The Hall–Kier alpha value is -2.53. The highest BCUT2D eigenvalue weighted by atomic mass is 32.2. The third kappa shape index (κ3) is 4.80. The fourth-order valence-electron chi connectivity index (χ4n) is 2.65. The van der Waals surface area contributed by atoms with Crippen LogP contribution in [-0.4, -0.2) is 16.1 Å². The number of anilines is 1. The number of carbonyl (C=O) groups excluding carboxylic acids is 1. The molecule has 1 atom stereocenters. The molecule has 0 aliphatic heterocycles. The van der Waals surface area contributed by atoms with Crippen molar-refractivity contribution in [1.82, 2.24) is 4.98 Å². The quantitative estimate of drug-likeness (QED) is 0.611. The number of benzene rings is 2. The number of nitrogens with one attached hydrogen (secondary N) is 1. The Morgan fingerprint density at radius 1 is 1.15 bits per heavy atom. The van der Waals surface area contributed by atoms with Crippen molar-refractivity contribution in [3.8, 4) is 11.5 Å². The number of thioether (sulfide) groups is 1. The van der Waals surface area contributed by atoms with Crippen molar-refractivity contribution < 1.29 is 9.21 Å². The second kappa shape index (κ2) is 8.44. The average Bonchev–Trinajstić information content (AvgIpc) is 3.04. The standard InChI is InChI=1S/C22H24N2O2S/c1-14-10-11-15(2)19(12-14)23-21(25)17(4)27-13-20-16(3)26-22(24-20)18-8-6-5-7-9-18/h5-12,17H,13H2,1-4H3,(H,23,25)/t17-/m0/s1. The number of rotatable bonds is 6. The van der Waals surface area contributed by atoms with E-state index < -0.39 is 0 Å². The second-order valence-electron chi connectivity index (χ2n) is 6.65. The van der Waals surface area contributed by atoms with Crippen LogP contribution in [0.4, 0.5) is 5.69 Å². The largest absolute Gasteiger partial charge is 0.441 e. The summed E-state index contributed by atoms with van der Waals surface area (Å²) in [5.41, 5.74) is 4.90. The van der Waals surface area contributed by atoms with Crippen molar-refractivity contribution in [1.29, 1.82) is 0 Å². The van der Waals surface area contributed by atoms with E-state index in [1.807, 2.05) is 76.2 Å². The molecule has 0 saturated heterocycles. The van der Waals surface area contributed by atoms with E-state index in [1.54, 1.807) is 11.8 Å². The van der Waals surface area contributed by atoms with Gasteiger partial charge in [-0.2, -0.15) is 0 Å². The van der Waals surface area contributed by atoms with Crippen molar-refractivity contribution >= 4 is 23.4 Å². The third-order valence-corrected chi connectivity index (χ3v) is 5.56. The highest BCUT2D eigenvalue weighted by Gasteiger charge is 2.17. The van der Waals surface area contributed by atoms with Gasteiger partial charge >= 0.3 is 0 Å². The molecule has 0 fully saturated rings. The van der Waals surface area contributed by atoms with E-state index in [2.05, 4.69) is 10.3 Å². The van der Waals surface area contributed by atoms with Gasteiger partial charge in [0.25, 0.3) is 0 Å². The van der Waals surface area contributed by atoms with Crippen molar-refractivity contribution in [2.75, 3.05) is 5.32 Å². The van der Waals surface area contributed by atoms with Crippen LogP contribution < -0.4 is 5.32 Å². The van der Waals surface area contributed by atoms with Crippen LogP contribution >= 0.6 is 11.8 Å². The van der Waals surface area contributed by atoms with E-state index in [0.29, 0.717) is 11.6 Å². The number of aryl methyl sites for hydroxylation is 3. The number of hydrogen-bond acceptors (Lipinski definition) is 4. The van der Waals surface area contributed by atoms with Crippen LogP contribution in [0.1, 0.15) is 29.5 Å². The minimum absolute atomic E-state index is 0.00173. The third-order valence-electron chi connectivity index (χ3n) is 4.40. The van der Waals surface area contributed by atoms with Crippen LogP contribution in [0.25, 0.3) is 11.5 Å². The van der Waals surface area contributed by atoms with Crippen LogP contribution in [0, 0.1) is 20.8 Å². The van der Waals surface area contributed by atoms with Crippen molar-refractivity contribution in [2.24, 2.45) is 0 Å². The smallest absolute Gasteiger partial charge is 0.237 e. The maximum atomic E-state index is 12.5. The van der Waals surface area contributed by atoms with Gasteiger partial charge in [0.2, 0.25) is 11.8 Å². The van der Waals surface area contributed by atoms with Crippen LogP contribution in [-0.2, 0) is 10.5 Å². The van der Waals surface area contributed by atoms with Crippen molar-refractivity contribution in [2.45, 2.75) is 38.7 Å². The molecular formula is C22H24N2O2S. The van der Waals surface area contributed by atoms with Crippen LogP contribution in [0.3, 0.4) is 0 Å². The number of hydrogen-bond donors (Lipinski definition) is 1. The fraction of sp³-hybridized carbons (Fsp3) is 0.273. The number of amides is 1. The maximum absolute atomic E-state index is 12.5. The van der Waals surface area contributed by atoms with Crippen molar-refractivity contribution in [3.63, 3.8) is 0 Å². The lowest BCUT2D eigenvalue weighted by Gasteiger charge is -2.13. The molecule has 0 bridgehead atoms. The summed E-state index contributed by atoms with van der Waals surface area (Å²) in [6.45, 7) is 7.84. The summed E-state index contributed by atoms with van der Waals surface area (Å²) in [5.74, 6) is 2.04. The molecule has 0 aliphatic carbocycles. The van der Waals surface area contributed by atoms with Gasteiger partial charge in [0, 0.05) is 17.0 Å². The molecule has 0 saturated carbocycles. The van der Waals surface area contributed by atoms with Crippen LogP contribution in [0.5, 0.6) is 0 Å². The van der Waals surface area contributed by atoms with Crippen molar-refractivity contribution in [3.05, 3.63) is 71.1 Å². The minimum Gasteiger partial charge on any atom is -0.441 e. The first-order valence-electron chi connectivity index (χ1n) is 8.95. The number of carbonyl (C=O) groups is 1.